The van der Waals surface area contributed by atoms with Crippen LogP contribution in [0.4, 0.5) is 0 Å². The second kappa shape index (κ2) is 8.10. The highest BCUT2D eigenvalue weighted by molar-refractivity contribution is 6.02. The van der Waals surface area contributed by atoms with Crippen molar-refractivity contribution in [1.29, 1.82) is 0 Å². The summed E-state index contributed by atoms with van der Waals surface area (Å²) in [7, 11) is 2.22. The van der Waals surface area contributed by atoms with Crippen molar-refractivity contribution in [3.05, 3.63) is 106 Å². The van der Waals surface area contributed by atoms with Crippen LogP contribution in [0, 0.1) is 20.8 Å². The number of hydrogen-bond acceptors (Lipinski definition) is 4. The van der Waals surface area contributed by atoms with Gasteiger partial charge in [-0.2, -0.15) is 0 Å². The summed E-state index contributed by atoms with van der Waals surface area (Å²) in [5.41, 5.74) is 6.78. The predicted molar refractivity (Wildman–Crippen MR) is 130 cm³/mol. The minimum Gasteiger partial charge on any atom is -0.360 e. The fourth-order valence-corrected chi connectivity index (χ4v) is 5.44. The van der Waals surface area contributed by atoms with E-state index < -0.39 is 5.72 Å². The van der Waals surface area contributed by atoms with Crippen LogP contribution in [0.25, 0.3) is 0 Å². The lowest BCUT2D eigenvalue weighted by molar-refractivity contribution is -0.112. The third-order valence-corrected chi connectivity index (χ3v) is 6.96. The van der Waals surface area contributed by atoms with E-state index in [1.807, 2.05) is 0 Å². The molecular weight excluding hydrogens is 394 g/mol. The zero-order valence-corrected chi connectivity index (χ0v) is 19.4. The molecule has 0 aliphatic carbocycles. The molecule has 1 saturated heterocycles. The molecule has 1 unspecified atom stereocenters. The molecule has 1 fully saturated rings. The fraction of sp³-hybridized carbons (Fsp3) is 0.321. The lowest BCUT2D eigenvalue weighted by Gasteiger charge is -2.38. The van der Waals surface area contributed by atoms with Gasteiger partial charge >= 0.3 is 0 Å². The molecule has 0 radical (unpaired) electrons. The van der Waals surface area contributed by atoms with Gasteiger partial charge in [-0.25, -0.2) is 0 Å². The zero-order chi connectivity index (χ0) is 22.3. The van der Waals surface area contributed by atoms with Crippen molar-refractivity contribution in [3.63, 3.8) is 0 Å². The lowest BCUT2D eigenvalue weighted by atomic mass is 9.89. The van der Waals surface area contributed by atoms with Gasteiger partial charge in [-0.15, -0.1) is 0 Å². The van der Waals surface area contributed by atoms with Crippen molar-refractivity contribution in [2.75, 3.05) is 20.1 Å². The molecule has 2 heterocycles. The molecule has 0 bridgehead atoms. The quantitative estimate of drug-likeness (QED) is 0.552. The first-order valence-corrected chi connectivity index (χ1v) is 11.4. The summed E-state index contributed by atoms with van der Waals surface area (Å²) in [6.45, 7) is 8.28. The van der Waals surface area contributed by atoms with E-state index in [2.05, 4.69) is 110 Å². The molecule has 32 heavy (non-hydrogen) atoms. The van der Waals surface area contributed by atoms with Crippen LogP contribution >= 0.6 is 0 Å². The van der Waals surface area contributed by atoms with Crippen LogP contribution in [0.2, 0.25) is 0 Å². The molecule has 0 aromatic heterocycles. The Labute approximate surface area is 191 Å². The molecule has 0 spiro atoms. The largest absolute Gasteiger partial charge is 0.360 e. The molecule has 2 atom stereocenters. The van der Waals surface area contributed by atoms with Crippen LogP contribution in [0.1, 0.15) is 45.8 Å². The maximum absolute atomic E-state index is 6.51. The highest BCUT2D eigenvalue weighted by Crippen LogP contribution is 2.46. The summed E-state index contributed by atoms with van der Waals surface area (Å²) in [5, 5.41) is 4.77. The van der Waals surface area contributed by atoms with E-state index in [4.69, 9.17) is 9.99 Å². The molecule has 3 aromatic carbocycles. The van der Waals surface area contributed by atoms with Crippen molar-refractivity contribution in [1.82, 2.24) is 9.80 Å². The Kier molecular flexibility index (Phi) is 5.26. The van der Waals surface area contributed by atoms with Gasteiger partial charge in [0.1, 0.15) is 0 Å². The van der Waals surface area contributed by atoms with Gasteiger partial charge in [0.2, 0.25) is 5.72 Å². The SMILES string of the molecule is Cc1cc(C)c(C2=NO[C@@]3(c4ccccc4)CC(c4ccccc4)N(C)CCN23)c(C)c1. The van der Waals surface area contributed by atoms with Crippen LogP contribution in [-0.4, -0.2) is 35.8 Å². The summed E-state index contributed by atoms with van der Waals surface area (Å²) in [6, 6.07) is 26.1. The highest BCUT2D eigenvalue weighted by Gasteiger charge is 2.52. The Balaban J connectivity index is 1.64. The van der Waals surface area contributed by atoms with Gasteiger partial charge in [0, 0.05) is 36.7 Å². The van der Waals surface area contributed by atoms with Crippen molar-refractivity contribution in [2.24, 2.45) is 5.16 Å². The Morgan fingerprint density at radius 3 is 2.16 bits per heavy atom. The second-order valence-electron chi connectivity index (χ2n) is 9.19. The molecule has 0 N–H and O–H groups in total. The van der Waals surface area contributed by atoms with Gasteiger partial charge in [0.15, 0.2) is 5.84 Å². The third-order valence-electron chi connectivity index (χ3n) is 6.96. The molecule has 3 aromatic rings. The molecule has 2 aliphatic heterocycles. The number of hydrogen-bond donors (Lipinski definition) is 0. The minimum absolute atomic E-state index is 0.233. The van der Waals surface area contributed by atoms with Crippen molar-refractivity contribution >= 4 is 5.84 Å². The van der Waals surface area contributed by atoms with Crippen LogP contribution in [0.3, 0.4) is 0 Å². The second-order valence-corrected chi connectivity index (χ2v) is 9.19. The number of aryl methyl sites for hydroxylation is 3. The molecule has 4 nitrogen and oxygen atoms in total. The number of amidine groups is 1. The Morgan fingerprint density at radius 2 is 1.50 bits per heavy atom. The topological polar surface area (TPSA) is 28.1 Å². The van der Waals surface area contributed by atoms with Crippen molar-refractivity contribution in [3.8, 4) is 0 Å². The van der Waals surface area contributed by atoms with Crippen LogP contribution < -0.4 is 0 Å². The number of rotatable bonds is 3. The molecule has 5 rings (SSSR count). The van der Waals surface area contributed by atoms with Gasteiger partial charge in [-0.3, -0.25) is 4.90 Å². The summed E-state index contributed by atoms with van der Waals surface area (Å²) >= 11 is 0. The molecule has 0 saturated carbocycles. The van der Waals surface area contributed by atoms with E-state index in [9.17, 15) is 0 Å². The van der Waals surface area contributed by atoms with E-state index >= 15 is 0 Å². The van der Waals surface area contributed by atoms with E-state index in [1.54, 1.807) is 0 Å². The maximum Gasteiger partial charge on any atom is 0.239 e. The molecule has 0 amide bonds. The Morgan fingerprint density at radius 1 is 0.875 bits per heavy atom. The van der Waals surface area contributed by atoms with Crippen LogP contribution in [0.5, 0.6) is 0 Å². The number of nitrogens with zero attached hydrogens (tertiary/aromatic N) is 3. The molecule has 2 aliphatic rings. The maximum atomic E-state index is 6.51. The third kappa shape index (κ3) is 3.39. The monoisotopic (exact) mass is 425 g/mol. The first-order valence-electron chi connectivity index (χ1n) is 11.4. The van der Waals surface area contributed by atoms with E-state index in [-0.39, 0.29) is 6.04 Å². The van der Waals surface area contributed by atoms with Gasteiger partial charge < -0.3 is 9.74 Å². The summed E-state index contributed by atoms with van der Waals surface area (Å²) in [6.07, 6.45) is 0.800. The Hall–Kier alpha value is -3.11. The average molecular weight is 426 g/mol. The fourth-order valence-electron chi connectivity index (χ4n) is 5.44. The van der Waals surface area contributed by atoms with Crippen molar-refractivity contribution in [2.45, 2.75) is 39.0 Å². The van der Waals surface area contributed by atoms with Crippen LogP contribution in [0.15, 0.2) is 78.0 Å². The number of oxime groups is 1. The number of likely N-dealkylation sites (N-methyl/N-ethyl adjacent to an activating group) is 1. The molecule has 164 valence electrons. The summed E-state index contributed by atoms with van der Waals surface area (Å²) in [4.78, 5) is 11.4. The first kappa shape index (κ1) is 20.8. The zero-order valence-electron chi connectivity index (χ0n) is 19.4. The number of benzene rings is 3. The lowest BCUT2D eigenvalue weighted by Crippen LogP contribution is -2.47. The molecular formula is C28H31N3O. The molecule has 4 heteroatoms. The average Bonchev–Trinajstić information content (AvgIpc) is 3.07. The van der Waals surface area contributed by atoms with Gasteiger partial charge in [0.25, 0.3) is 0 Å². The highest BCUT2D eigenvalue weighted by atomic mass is 16.7. The normalized spacial score (nSPS) is 23.3. The van der Waals surface area contributed by atoms with Gasteiger partial charge in [-0.1, -0.05) is 83.5 Å². The van der Waals surface area contributed by atoms with E-state index in [0.717, 1.165) is 30.9 Å². The number of fused-ring (bicyclic) bond motifs is 1. The van der Waals surface area contributed by atoms with Crippen LogP contribution in [-0.2, 0) is 10.6 Å². The first-order chi connectivity index (χ1) is 15.5. The summed E-state index contributed by atoms with van der Waals surface area (Å²) in [5.74, 6) is 0.950. The minimum atomic E-state index is -0.633. The summed E-state index contributed by atoms with van der Waals surface area (Å²) < 4.78 is 0. The predicted octanol–water partition coefficient (Wildman–Crippen LogP) is 5.54. The van der Waals surface area contributed by atoms with E-state index in [0.29, 0.717) is 0 Å². The van der Waals surface area contributed by atoms with Gasteiger partial charge in [-0.05, 0) is 44.5 Å². The smallest absolute Gasteiger partial charge is 0.239 e. The standard InChI is InChI=1S/C28H31N3O/c1-20-17-21(2)26(22(3)18-20)27-29-32-28(24-13-9-6-10-14-24)19-25(23-11-7-5-8-12-23)30(4)15-16-31(27)28/h5-14,17-18,25H,15-16,19H2,1-4H3/t25?,28-/m1/s1. The Bertz CT molecular complexity index is 1120. The van der Waals surface area contributed by atoms with Gasteiger partial charge in [0.05, 0.1) is 0 Å². The van der Waals surface area contributed by atoms with Crippen molar-refractivity contribution < 1.29 is 4.84 Å². The van der Waals surface area contributed by atoms with E-state index in [1.165, 1.54) is 27.8 Å².